The standard InChI is InChI=1S/C19H28F3N3O2S/c1-3-23-17(25-14-18(28-4-2)9-11-26-12-10-18)24-13-15-7-5-6-8-16(15)27-19(20,21)22/h5-8H,3-4,9-14H2,1-2H3,(H2,23,24,25). The summed E-state index contributed by atoms with van der Waals surface area (Å²) < 4.78 is 47.4. The Morgan fingerprint density at radius 1 is 1.21 bits per heavy atom. The molecule has 0 aliphatic carbocycles. The molecular formula is C19H28F3N3O2S. The number of rotatable bonds is 8. The summed E-state index contributed by atoms with van der Waals surface area (Å²) in [4.78, 5) is 4.46. The molecule has 0 spiro atoms. The normalized spacial score (nSPS) is 17.2. The highest BCUT2D eigenvalue weighted by molar-refractivity contribution is 8.00. The maximum Gasteiger partial charge on any atom is 0.573 e. The van der Waals surface area contributed by atoms with Gasteiger partial charge in [0.1, 0.15) is 5.75 Å². The van der Waals surface area contributed by atoms with Crippen molar-refractivity contribution in [2.24, 2.45) is 4.99 Å². The zero-order valence-corrected chi connectivity index (χ0v) is 17.1. The van der Waals surface area contributed by atoms with E-state index < -0.39 is 6.36 Å². The Morgan fingerprint density at radius 2 is 1.93 bits per heavy atom. The number of guanidine groups is 1. The lowest BCUT2D eigenvalue weighted by Gasteiger charge is -2.37. The van der Waals surface area contributed by atoms with Crippen LogP contribution in [-0.4, -0.2) is 49.1 Å². The molecular weight excluding hydrogens is 391 g/mol. The van der Waals surface area contributed by atoms with Gasteiger partial charge in [-0.25, -0.2) is 4.99 Å². The van der Waals surface area contributed by atoms with Crippen molar-refractivity contribution in [1.29, 1.82) is 0 Å². The van der Waals surface area contributed by atoms with Gasteiger partial charge in [-0.3, -0.25) is 0 Å². The van der Waals surface area contributed by atoms with Crippen LogP contribution >= 0.6 is 11.8 Å². The van der Waals surface area contributed by atoms with Crippen molar-refractivity contribution >= 4 is 17.7 Å². The summed E-state index contributed by atoms with van der Waals surface area (Å²) in [5.41, 5.74) is 0.376. The zero-order valence-electron chi connectivity index (χ0n) is 16.3. The minimum atomic E-state index is -4.73. The number of halogens is 3. The first-order valence-corrected chi connectivity index (χ1v) is 10.4. The third-order valence-corrected chi connectivity index (χ3v) is 5.84. The molecule has 28 heavy (non-hydrogen) atoms. The fourth-order valence-electron chi connectivity index (χ4n) is 3.03. The molecule has 0 bridgehead atoms. The average Bonchev–Trinajstić information content (AvgIpc) is 2.65. The molecule has 1 heterocycles. The summed E-state index contributed by atoms with van der Waals surface area (Å²) in [6, 6.07) is 6.06. The summed E-state index contributed by atoms with van der Waals surface area (Å²) in [5.74, 6) is 1.36. The van der Waals surface area contributed by atoms with Crippen LogP contribution in [0, 0.1) is 0 Å². The molecule has 9 heteroatoms. The first kappa shape index (κ1) is 22.7. The molecule has 0 radical (unpaired) electrons. The number of hydrogen-bond donors (Lipinski definition) is 2. The van der Waals surface area contributed by atoms with Gasteiger partial charge in [0.25, 0.3) is 0 Å². The number of para-hydroxylation sites is 1. The number of aliphatic imine (C=N–C) groups is 1. The van der Waals surface area contributed by atoms with Crippen LogP contribution in [0.4, 0.5) is 13.2 Å². The lowest BCUT2D eigenvalue weighted by molar-refractivity contribution is -0.274. The third-order valence-electron chi connectivity index (χ3n) is 4.38. The average molecular weight is 420 g/mol. The van der Waals surface area contributed by atoms with Crippen LogP contribution in [-0.2, 0) is 11.3 Å². The van der Waals surface area contributed by atoms with E-state index in [1.165, 1.54) is 12.1 Å². The number of alkyl halides is 3. The topological polar surface area (TPSA) is 54.9 Å². The zero-order chi connectivity index (χ0) is 20.5. The van der Waals surface area contributed by atoms with E-state index in [0.717, 1.165) is 38.4 Å². The van der Waals surface area contributed by atoms with E-state index in [1.807, 2.05) is 18.7 Å². The van der Waals surface area contributed by atoms with Gasteiger partial charge in [0.2, 0.25) is 0 Å². The van der Waals surface area contributed by atoms with Crippen molar-refractivity contribution in [3.8, 4) is 5.75 Å². The van der Waals surface area contributed by atoms with Gasteiger partial charge in [0.05, 0.1) is 6.54 Å². The highest BCUT2D eigenvalue weighted by Gasteiger charge is 2.33. The van der Waals surface area contributed by atoms with Crippen LogP contribution < -0.4 is 15.4 Å². The molecule has 5 nitrogen and oxygen atoms in total. The van der Waals surface area contributed by atoms with Gasteiger partial charge < -0.3 is 20.1 Å². The maximum absolute atomic E-state index is 12.6. The number of benzene rings is 1. The predicted octanol–water partition coefficient (Wildman–Crippen LogP) is 3.94. The molecule has 1 aromatic carbocycles. The van der Waals surface area contributed by atoms with Crippen LogP contribution in [0.5, 0.6) is 5.75 Å². The Kier molecular flexibility index (Phi) is 8.75. The van der Waals surface area contributed by atoms with E-state index in [0.29, 0.717) is 18.1 Å². The fraction of sp³-hybridized carbons (Fsp3) is 0.632. The fourth-order valence-corrected chi connectivity index (χ4v) is 4.27. The van der Waals surface area contributed by atoms with Crippen LogP contribution in [0.25, 0.3) is 0 Å². The number of hydrogen-bond acceptors (Lipinski definition) is 4. The first-order chi connectivity index (χ1) is 13.4. The van der Waals surface area contributed by atoms with E-state index in [-0.39, 0.29) is 17.0 Å². The number of nitrogens with zero attached hydrogens (tertiary/aromatic N) is 1. The lowest BCUT2D eigenvalue weighted by atomic mass is 9.99. The Hall–Kier alpha value is -1.61. The van der Waals surface area contributed by atoms with Crippen LogP contribution in [0.2, 0.25) is 0 Å². The van der Waals surface area contributed by atoms with Crippen molar-refractivity contribution in [2.75, 3.05) is 32.1 Å². The van der Waals surface area contributed by atoms with Crippen LogP contribution in [0.1, 0.15) is 32.3 Å². The van der Waals surface area contributed by atoms with E-state index in [2.05, 4.69) is 27.3 Å². The Bertz CT molecular complexity index is 630. The summed E-state index contributed by atoms with van der Waals surface area (Å²) in [5, 5.41) is 6.51. The molecule has 1 aromatic rings. The third kappa shape index (κ3) is 7.43. The molecule has 1 saturated heterocycles. The second kappa shape index (κ2) is 10.8. The lowest BCUT2D eigenvalue weighted by Crippen LogP contribution is -2.48. The van der Waals surface area contributed by atoms with Crippen molar-refractivity contribution in [3.05, 3.63) is 29.8 Å². The van der Waals surface area contributed by atoms with E-state index >= 15 is 0 Å². The first-order valence-electron chi connectivity index (χ1n) is 9.45. The molecule has 2 rings (SSSR count). The monoisotopic (exact) mass is 419 g/mol. The molecule has 0 saturated carbocycles. The minimum absolute atomic E-state index is 0.0820. The molecule has 0 aromatic heterocycles. The maximum atomic E-state index is 12.6. The van der Waals surface area contributed by atoms with Crippen LogP contribution in [0.3, 0.4) is 0 Å². The van der Waals surface area contributed by atoms with Gasteiger partial charge in [-0.15, -0.1) is 13.2 Å². The SMILES string of the molecule is CCNC(=NCc1ccccc1OC(F)(F)F)NCC1(SCC)CCOCC1. The van der Waals surface area contributed by atoms with Gasteiger partial charge in [0, 0.05) is 36.6 Å². The van der Waals surface area contributed by atoms with Crippen molar-refractivity contribution in [2.45, 2.75) is 44.3 Å². The molecule has 0 amide bonds. The van der Waals surface area contributed by atoms with E-state index in [9.17, 15) is 13.2 Å². The quantitative estimate of drug-likeness (QED) is 0.494. The molecule has 1 aliphatic heterocycles. The Balaban J connectivity index is 2.06. The highest BCUT2D eigenvalue weighted by atomic mass is 32.2. The van der Waals surface area contributed by atoms with Gasteiger partial charge >= 0.3 is 6.36 Å². The number of nitrogens with one attached hydrogen (secondary N) is 2. The molecule has 158 valence electrons. The second-order valence-corrected chi connectivity index (χ2v) is 8.16. The van der Waals surface area contributed by atoms with Gasteiger partial charge in [-0.2, -0.15) is 11.8 Å². The second-order valence-electron chi connectivity index (χ2n) is 6.43. The predicted molar refractivity (Wildman–Crippen MR) is 107 cm³/mol. The molecule has 1 fully saturated rings. The van der Waals surface area contributed by atoms with E-state index in [1.54, 1.807) is 12.1 Å². The van der Waals surface area contributed by atoms with Gasteiger partial charge in [-0.1, -0.05) is 25.1 Å². The molecule has 1 aliphatic rings. The molecule has 2 N–H and O–H groups in total. The van der Waals surface area contributed by atoms with Gasteiger partial charge in [0.15, 0.2) is 5.96 Å². The van der Waals surface area contributed by atoms with Crippen molar-refractivity contribution < 1.29 is 22.6 Å². The Labute approximate surface area is 168 Å². The molecule has 0 atom stereocenters. The summed E-state index contributed by atoms with van der Waals surface area (Å²) in [7, 11) is 0. The van der Waals surface area contributed by atoms with E-state index in [4.69, 9.17) is 4.74 Å². The summed E-state index contributed by atoms with van der Waals surface area (Å²) >= 11 is 1.91. The van der Waals surface area contributed by atoms with Gasteiger partial charge in [-0.05, 0) is 31.6 Å². The minimum Gasteiger partial charge on any atom is -0.405 e. The van der Waals surface area contributed by atoms with Crippen molar-refractivity contribution in [3.63, 3.8) is 0 Å². The summed E-state index contributed by atoms with van der Waals surface area (Å²) in [6.07, 6.45) is -2.81. The number of ether oxygens (including phenoxy) is 2. The smallest absolute Gasteiger partial charge is 0.405 e. The highest BCUT2D eigenvalue weighted by Crippen LogP contribution is 2.34. The molecule has 0 unspecified atom stereocenters. The van der Waals surface area contributed by atoms with Crippen LogP contribution in [0.15, 0.2) is 29.3 Å². The summed E-state index contributed by atoms with van der Waals surface area (Å²) in [6.45, 7) is 7.03. The van der Waals surface area contributed by atoms with Crippen molar-refractivity contribution in [1.82, 2.24) is 10.6 Å². The number of thioether (sulfide) groups is 1. The largest absolute Gasteiger partial charge is 0.573 e. The Morgan fingerprint density at radius 3 is 2.57 bits per heavy atom.